The number of esters is 2. The van der Waals surface area contributed by atoms with E-state index in [1.165, 1.54) is 24.3 Å². The lowest BCUT2D eigenvalue weighted by Gasteiger charge is -2.23. The SMILES string of the molecule is O=C1OC(O)(CO)OC(=O)c2ccc1cc2. The van der Waals surface area contributed by atoms with Crippen LogP contribution in [0.4, 0.5) is 0 Å². The van der Waals surface area contributed by atoms with Crippen LogP contribution in [0.5, 0.6) is 0 Å². The molecule has 0 fully saturated rings. The Morgan fingerprint density at radius 1 is 1.00 bits per heavy atom. The van der Waals surface area contributed by atoms with Crippen LogP contribution in [0.2, 0.25) is 0 Å². The second-order valence-corrected chi connectivity index (χ2v) is 3.23. The summed E-state index contributed by atoms with van der Waals surface area (Å²) < 4.78 is 8.96. The molecular weight excluding hydrogens is 216 g/mol. The maximum absolute atomic E-state index is 11.4. The molecule has 0 saturated carbocycles. The van der Waals surface area contributed by atoms with Crippen LogP contribution in [0.15, 0.2) is 24.3 Å². The van der Waals surface area contributed by atoms with E-state index in [1.54, 1.807) is 0 Å². The summed E-state index contributed by atoms with van der Waals surface area (Å²) in [4.78, 5) is 22.8. The summed E-state index contributed by atoms with van der Waals surface area (Å²) in [7, 11) is 0. The molecule has 2 aliphatic heterocycles. The van der Waals surface area contributed by atoms with Gasteiger partial charge in [0.1, 0.15) is 6.61 Å². The summed E-state index contributed by atoms with van der Waals surface area (Å²) in [5.41, 5.74) is 0.294. The number of fused-ring (bicyclic) bond motifs is 6. The molecule has 0 amide bonds. The van der Waals surface area contributed by atoms with Crippen LogP contribution in [-0.2, 0) is 9.47 Å². The first-order valence-corrected chi connectivity index (χ1v) is 4.44. The van der Waals surface area contributed by atoms with Crippen molar-refractivity contribution in [1.82, 2.24) is 0 Å². The van der Waals surface area contributed by atoms with Gasteiger partial charge < -0.3 is 19.7 Å². The van der Waals surface area contributed by atoms with E-state index in [0.717, 1.165) is 0 Å². The number of benzene rings is 1. The Kier molecular flexibility index (Phi) is 2.37. The summed E-state index contributed by atoms with van der Waals surface area (Å²) in [6, 6.07) is 5.45. The van der Waals surface area contributed by atoms with Crippen molar-refractivity contribution in [1.29, 1.82) is 0 Å². The van der Waals surface area contributed by atoms with Gasteiger partial charge in [0.05, 0.1) is 11.1 Å². The highest BCUT2D eigenvalue weighted by Gasteiger charge is 2.37. The van der Waals surface area contributed by atoms with Gasteiger partial charge in [-0.1, -0.05) is 0 Å². The Balaban J connectivity index is 2.46. The maximum atomic E-state index is 11.4. The minimum absolute atomic E-state index is 0.147. The molecule has 0 atom stereocenters. The summed E-state index contributed by atoms with van der Waals surface area (Å²) in [6.07, 6.45) is 0. The number of aliphatic hydroxyl groups excluding tert-OH is 1. The van der Waals surface area contributed by atoms with Gasteiger partial charge in [0.25, 0.3) is 0 Å². The lowest BCUT2D eigenvalue weighted by Crippen LogP contribution is -2.43. The van der Waals surface area contributed by atoms with E-state index in [-0.39, 0.29) is 11.1 Å². The number of ether oxygens (including phenoxy) is 2. The number of rotatable bonds is 1. The van der Waals surface area contributed by atoms with E-state index in [2.05, 4.69) is 9.47 Å². The van der Waals surface area contributed by atoms with Gasteiger partial charge in [-0.25, -0.2) is 9.59 Å². The molecular formula is C10H8O6. The zero-order valence-electron chi connectivity index (χ0n) is 8.04. The maximum Gasteiger partial charge on any atom is 0.398 e. The van der Waals surface area contributed by atoms with E-state index in [0.29, 0.717) is 0 Å². The average molecular weight is 224 g/mol. The number of carbonyl (C=O) groups excluding carboxylic acids is 2. The Bertz CT molecular complexity index is 398. The normalized spacial score (nSPS) is 18.1. The van der Waals surface area contributed by atoms with Crippen LogP contribution < -0.4 is 0 Å². The van der Waals surface area contributed by atoms with Gasteiger partial charge >= 0.3 is 17.9 Å². The largest absolute Gasteiger partial charge is 0.398 e. The summed E-state index contributed by atoms with van der Waals surface area (Å²) in [6.45, 7) is -1.04. The molecule has 6 heteroatoms. The van der Waals surface area contributed by atoms with Crippen LogP contribution in [0.25, 0.3) is 0 Å². The monoisotopic (exact) mass is 224 g/mol. The number of aliphatic hydroxyl groups is 2. The predicted octanol–water partition coefficient (Wildman–Crippen LogP) is -0.348. The third kappa shape index (κ3) is 1.75. The average Bonchev–Trinajstić information content (AvgIpc) is 2.34. The minimum atomic E-state index is -2.64. The summed E-state index contributed by atoms with van der Waals surface area (Å²) in [5.74, 6) is -4.42. The first-order valence-electron chi connectivity index (χ1n) is 4.44. The second kappa shape index (κ2) is 3.58. The molecule has 0 spiro atoms. The predicted molar refractivity (Wildman–Crippen MR) is 49.3 cm³/mol. The molecule has 3 rings (SSSR count). The third-order valence-corrected chi connectivity index (χ3v) is 2.06. The Labute approximate surface area is 90.0 Å². The van der Waals surface area contributed by atoms with Gasteiger partial charge in [-0.05, 0) is 24.3 Å². The van der Waals surface area contributed by atoms with Crippen LogP contribution in [0.3, 0.4) is 0 Å². The zero-order valence-corrected chi connectivity index (χ0v) is 8.04. The highest BCUT2D eigenvalue weighted by atomic mass is 16.8. The van der Waals surface area contributed by atoms with E-state index in [9.17, 15) is 14.7 Å². The minimum Gasteiger partial charge on any atom is -0.393 e. The quantitative estimate of drug-likeness (QED) is 0.633. The van der Waals surface area contributed by atoms with Crippen molar-refractivity contribution in [2.75, 3.05) is 6.61 Å². The van der Waals surface area contributed by atoms with E-state index in [1.807, 2.05) is 0 Å². The highest BCUT2D eigenvalue weighted by molar-refractivity contribution is 5.94. The molecule has 1 aromatic carbocycles. The van der Waals surface area contributed by atoms with Gasteiger partial charge in [0.2, 0.25) is 0 Å². The van der Waals surface area contributed by atoms with Crippen LogP contribution in [0.1, 0.15) is 20.7 Å². The van der Waals surface area contributed by atoms with Crippen molar-refractivity contribution < 1.29 is 29.3 Å². The summed E-state index contributed by atoms with van der Waals surface area (Å²) in [5, 5.41) is 18.3. The van der Waals surface area contributed by atoms with Crippen molar-refractivity contribution in [2.45, 2.75) is 5.97 Å². The number of hydrogen-bond acceptors (Lipinski definition) is 6. The second-order valence-electron chi connectivity index (χ2n) is 3.23. The lowest BCUT2D eigenvalue weighted by atomic mass is 10.1. The highest BCUT2D eigenvalue weighted by Crippen LogP contribution is 2.19. The molecule has 2 heterocycles. The molecule has 2 bridgehead atoms. The molecule has 6 nitrogen and oxygen atoms in total. The smallest absolute Gasteiger partial charge is 0.393 e. The van der Waals surface area contributed by atoms with Gasteiger partial charge in [0, 0.05) is 0 Å². The fourth-order valence-electron chi connectivity index (χ4n) is 1.24. The fourth-order valence-corrected chi connectivity index (χ4v) is 1.24. The first kappa shape index (κ1) is 10.6. The van der Waals surface area contributed by atoms with Crippen molar-refractivity contribution in [3.8, 4) is 0 Å². The number of hydrogen-bond donors (Lipinski definition) is 2. The summed E-state index contributed by atoms with van der Waals surface area (Å²) >= 11 is 0. The lowest BCUT2D eigenvalue weighted by molar-refractivity contribution is -0.318. The molecule has 84 valence electrons. The van der Waals surface area contributed by atoms with Crippen molar-refractivity contribution in [3.63, 3.8) is 0 Å². The Morgan fingerprint density at radius 3 is 1.69 bits per heavy atom. The van der Waals surface area contributed by atoms with Gasteiger partial charge in [-0.15, -0.1) is 0 Å². The fraction of sp³-hybridized carbons (Fsp3) is 0.200. The Morgan fingerprint density at radius 2 is 1.38 bits per heavy atom. The van der Waals surface area contributed by atoms with Crippen molar-refractivity contribution in [3.05, 3.63) is 35.4 Å². The molecule has 0 aliphatic carbocycles. The standard InChI is InChI=1S/C10H8O6/c11-5-10(14)15-8(12)6-1-2-7(4-3-6)9(13)16-10/h1-4,11,14H,5H2. The molecule has 2 aliphatic rings. The van der Waals surface area contributed by atoms with Crippen molar-refractivity contribution >= 4 is 11.9 Å². The van der Waals surface area contributed by atoms with Crippen LogP contribution >= 0.6 is 0 Å². The van der Waals surface area contributed by atoms with Gasteiger partial charge in [-0.2, -0.15) is 0 Å². The van der Waals surface area contributed by atoms with Gasteiger partial charge in [0.15, 0.2) is 0 Å². The van der Waals surface area contributed by atoms with Crippen LogP contribution in [0, 0.1) is 0 Å². The van der Waals surface area contributed by atoms with Crippen LogP contribution in [-0.4, -0.2) is 34.7 Å². The molecule has 0 aromatic heterocycles. The molecule has 0 radical (unpaired) electrons. The first-order chi connectivity index (χ1) is 7.54. The van der Waals surface area contributed by atoms with Gasteiger partial charge in [-0.3, -0.25) is 0 Å². The Hall–Kier alpha value is -1.92. The molecule has 0 unspecified atom stereocenters. The van der Waals surface area contributed by atoms with E-state index < -0.39 is 24.5 Å². The molecule has 1 aromatic rings. The zero-order chi connectivity index (χ0) is 11.8. The topological polar surface area (TPSA) is 93.1 Å². The van der Waals surface area contributed by atoms with E-state index >= 15 is 0 Å². The molecule has 2 N–H and O–H groups in total. The van der Waals surface area contributed by atoms with Crippen molar-refractivity contribution in [2.24, 2.45) is 0 Å². The molecule has 0 saturated heterocycles. The number of carbonyl (C=O) groups is 2. The van der Waals surface area contributed by atoms with E-state index in [4.69, 9.17) is 5.11 Å². The third-order valence-electron chi connectivity index (χ3n) is 2.06. The molecule has 16 heavy (non-hydrogen) atoms.